The molecule has 2 aromatic rings. The van der Waals surface area contributed by atoms with Crippen LogP contribution in [-0.2, 0) is 11.8 Å². The molecule has 7 heteroatoms. The Kier molecular flexibility index (Phi) is 4.82. The number of carbonyl (C=O) groups is 1. The van der Waals surface area contributed by atoms with Crippen LogP contribution in [0.2, 0.25) is 0 Å². The Hall–Kier alpha value is -1.34. The van der Waals surface area contributed by atoms with Crippen molar-refractivity contribution in [2.75, 3.05) is 12.3 Å². The first kappa shape index (κ1) is 15.1. The molecule has 0 aliphatic carbocycles. The molecule has 0 aliphatic rings. The SMILES string of the molecule is CC(C)CNC(=O)CSc1nc2sccc2c(=O)n1C. The topological polar surface area (TPSA) is 64.0 Å². The molecule has 0 atom stereocenters. The molecule has 0 aromatic carbocycles. The van der Waals surface area contributed by atoms with E-state index >= 15 is 0 Å². The third-order valence-electron chi connectivity index (χ3n) is 2.70. The number of amides is 1. The number of nitrogens with zero attached hydrogens (tertiary/aromatic N) is 2. The second kappa shape index (κ2) is 6.41. The molecular weight excluding hydrogens is 294 g/mol. The molecule has 1 amide bonds. The fourth-order valence-corrected chi connectivity index (χ4v) is 3.22. The summed E-state index contributed by atoms with van der Waals surface area (Å²) in [4.78, 5) is 28.9. The molecule has 0 bridgehead atoms. The van der Waals surface area contributed by atoms with Crippen LogP contribution in [0.4, 0.5) is 0 Å². The molecular formula is C13H17N3O2S2. The normalized spacial score (nSPS) is 11.2. The monoisotopic (exact) mass is 311 g/mol. The molecule has 0 aliphatic heterocycles. The van der Waals surface area contributed by atoms with Gasteiger partial charge in [-0.2, -0.15) is 0 Å². The van der Waals surface area contributed by atoms with E-state index in [0.717, 1.165) is 4.83 Å². The second-order valence-electron chi connectivity index (χ2n) is 4.88. The van der Waals surface area contributed by atoms with Crippen LogP contribution in [-0.4, -0.2) is 27.8 Å². The standard InChI is InChI=1S/C13H17N3O2S2/c1-8(2)6-14-10(17)7-20-13-15-11-9(4-5-19-11)12(18)16(13)3/h4-5,8H,6-7H2,1-3H3,(H,14,17). The van der Waals surface area contributed by atoms with Crippen molar-refractivity contribution in [3.63, 3.8) is 0 Å². The summed E-state index contributed by atoms with van der Waals surface area (Å²) < 4.78 is 1.50. The molecule has 1 N–H and O–H groups in total. The summed E-state index contributed by atoms with van der Waals surface area (Å²) in [6.07, 6.45) is 0. The van der Waals surface area contributed by atoms with E-state index in [0.29, 0.717) is 23.0 Å². The summed E-state index contributed by atoms with van der Waals surface area (Å²) in [6, 6.07) is 1.78. The van der Waals surface area contributed by atoms with E-state index in [2.05, 4.69) is 10.3 Å². The fourth-order valence-electron chi connectivity index (χ4n) is 1.61. The third-order valence-corrected chi connectivity index (χ3v) is 4.54. The molecule has 5 nitrogen and oxygen atoms in total. The lowest BCUT2D eigenvalue weighted by molar-refractivity contribution is -0.118. The van der Waals surface area contributed by atoms with Crippen LogP contribution >= 0.6 is 23.1 Å². The summed E-state index contributed by atoms with van der Waals surface area (Å²) in [6.45, 7) is 4.75. The molecule has 2 rings (SSSR count). The van der Waals surface area contributed by atoms with Crippen LogP contribution in [0.1, 0.15) is 13.8 Å². The number of thioether (sulfide) groups is 1. The van der Waals surface area contributed by atoms with Gasteiger partial charge in [-0.3, -0.25) is 14.2 Å². The quantitative estimate of drug-likeness (QED) is 0.676. The first-order valence-corrected chi connectivity index (χ1v) is 8.19. The minimum absolute atomic E-state index is 0.0378. The number of rotatable bonds is 5. The Balaban J connectivity index is 2.08. The molecule has 20 heavy (non-hydrogen) atoms. The lowest BCUT2D eigenvalue weighted by Gasteiger charge is -2.09. The van der Waals surface area contributed by atoms with Crippen LogP contribution in [0.5, 0.6) is 0 Å². The summed E-state index contributed by atoms with van der Waals surface area (Å²) in [5.74, 6) is 0.655. The first-order valence-electron chi connectivity index (χ1n) is 6.32. The van der Waals surface area contributed by atoms with E-state index < -0.39 is 0 Å². The van der Waals surface area contributed by atoms with Crippen molar-refractivity contribution in [3.05, 3.63) is 21.8 Å². The Labute approximate surface area is 125 Å². The number of thiophene rings is 1. The number of hydrogen-bond donors (Lipinski definition) is 1. The smallest absolute Gasteiger partial charge is 0.262 e. The summed E-state index contributed by atoms with van der Waals surface area (Å²) in [7, 11) is 1.68. The molecule has 0 saturated carbocycles. The van der Waals surface area contributed by atoms with E-state index in [-0.39, 0.29) is 17.2 Å². The molecule has 0 unspecified atom stereocenters. The van der Waals surface area contributed by atoms with Gasteiger partial charge in [-0.25, -0.2) is 4.98 Å². The average molecular weight is 311 g/mol. The largest absolute Gasteiger partial charge is 0.355 e. The van der Waals surface area contributed by atoms with Crippen LogP contribution in [0.3, 0.4) is 0 Å². The van der Waals surface area contributed by atoms with Crippen molar-refractivity contribution in [1.29, 1.82) is 0 Å². The van der Waals surface area contributed by atoms with E-state index in [1.54, 1.807) is 13.1 Å². The van der Waals surface area contributed by atoms with Crippen LogP contribution in [0.25, 0.3) is 10.2 Å². The predicted molar refractivity (Wildman–Crippen MR) is 83.4 cm³/mol. The van der Waals surface area contributed by atoms with E-state index in [1.807, 2.05) is 19.2 Å². The molecule has 0 fully saturated rings. The van der Waals surface area contributed by atoms with E-state index in [4.69, 9.17) is 0 Å². The van der Waals surface area contributed by atoms with Gasteiger partial charge in [0.2, 0.25) is 5.91 Å². The Bertz CT molecular complexity index is 676. The molecule has 0 saturated heterocycles. The van der Waals surface area contributed by atoms with Gasteiger partial charge in [-0.05, 0) is 17.4 Å². The number of aromatic nitrogens is 2. The number of nitrogens with one attached hydrogen (secondary N) is 1. The zero-order valence-corrected chi connectivity index (χ0v) is 13.3. The van der Waals surface area contributed by atoms with Gasteiger partial charge in [0.05, 0.1) is 11.1 Å². The highest BCUT2D eigenvalue weighted by atomic mass is 32.2. The summed E-state index contributed by atoms with van der Waals surface area (Å²) in [5.41, 5.74) is -0.0682. The molecule has 2 heterocycles. The van der Waals surface area contributed by atoms with E-state index in [9.17, 15) is 9.59 Å². The van der Waals surface area contributed by atoms with Crippen molar-refractivity contribution < 1.29 is 4.79 Å². The lowest BCUT2D eigenvalue weighted by atomic mass is 10.2. The molecule has 0 radical (unpaired) electrons. The van der Waals surface area contributed by atoms with Gasteiger partial charge in [0.25, 0.3) is 5.56 Å². The van der Waals surface area contributed by atoms with Crippen LogP contribution in [0, 0.1) is 5.92 Å². The molecule has 0 spiro atoms. The van der Waals surface area contributed by atoms with Crippen molar-refractivity contribution in [2.45, 2.75) is 19.0 Å². The van der Waals surface area contributed by atoms with Crippen molar-refractivity contribution in [3.8, 4) is 0 Å². The second-order valence-corrected chi connectivity index (χ2v) is 6.72. The zero-order valence-electron chi connectivity index (χ0n) is 11.7. The van der Waals surface area contributed by atoms with Gasteiger partial charge in [0.15, 0.2) is 5.16 Å². The van der Waals surface area contributed by atoms with Gasteiger partial charge < -0.3 is 5.32 Å². The van der Waals surface area contributed by atoms with E-state index in [1.165, 1.54) is 27.7 Å². The minimum atomic E-state index is -0.0682. The first-order chi connectivity index (χ1) is 9.49. The fraction of sp³-hybridized carbons (Fsp3) is 0.462. The van der Waals surface area contributed by atoms with Crippen LogP contribution in [0.15, 0.2) is 21.4 Å². The van der Waals surface area contributed by atoms with Gasteiger partial charge >= 0.3 is 0 Å². The average Bonchev–Trinajstić information content (AvgIpc) is 2.87. The van der Waals surface area contributed by atoms with Gasteiger partial charge in [0, 0.05) is 13.6 Å². The van der Waals surface area contributed by atoms with Crippen molar-refractivity contribution in [2.24, 2.45) is 13.0 Å². The Morgan fingerprint density at radius 3 is 3.00 bits per heavy atom. The maximum Gasteiger partial charge on any atom is 0.262 e. The van der Waals surface area contributed by atoms with Gasteiger partial charge in [0.1, 0.15) is 4.83 Å². The molecule has 2 aromatic heterocycles. The van der Waals surface area contributed by atoms with Gasteiger partial charge in [-0.15, -0.1) is 11.3 Å². The lowest BCUT2D eigenvalue weighted by Crippen LogP contribution is -2.29. The maximum absolute atomic E-state index is 12.1. The highest BCUT2D eigenvalue weighted by Gasteiger charge is 2.11. The predicted octanol–water partition coefficient (Wildman–Crippen LogP) is 1.86. The van der Waals surface area contributed by atoms with Crippen molar-refractivity contribution in [1.82, 2.24) is 14.9 Å². The maximum atomic E-state index is 12.1. The van der Waals surface area contributed by atoms with Gasteiger partial charge in [-0.1, -0.05) is 25.6 Å². The number of carbonyl (C=O) groups excluding carboxylic acids is 1. The Morgan fingerprint density at radius 1 is 1.55 bits per heavy atom. The highest BCUT2D eigenvalue weighted by molar-refractivity contribution is 7.99. The van der Waals surface area contributed by atoms with Crippen molar-refractivity contribution >= 4 is 39.2 Å². The zero-order chi connectivity index (χ0) is 14.7. The highest BCUT2D eigenvalue weighted by Crippen LogP contribution is 2.20. The minimum Gasteiger partial charge on any atom is -0.355 e. The molecule has 108 valence electrons. The number of hydrogen-bond acceptors (Lipinski definition) is 5. The Morgan fingerprint density at radius 2 is 2.30 bits per heavy atom. The van der Waals surface area contributed by atoms with Crippen LogP contribution < -0.4 is 10.9 Å². The summed E-state index contributed by atoms with van der Waals surface area (Å²) >= 11 is 2.72. The third kappa shape index (κ3) is 3.40. The summed E-state index contributed by atoms with van der Waals surface area (Å²) in [5, 5.41) is 5.90. The number of fused-ring (bicyclic) bond motifs is 1.